The predicted octanol–water partition coefficient (Wildman–Crippen LogP) is 1.21. The molecule has 20 heavy (non-hydrogen) atoms. The highest BCUT2D eigenvalue weighted by atomic mass is 16.2. The van der Waals surface area contributed by atoms with Crippen molar-refractivity contribution in [1.82, 2.24) is 9.91 Å². The van der Waals surface area contributed by atoms with Crippen molar-refractivity contribution < 1.29 is 4.79 Å². The van der Waals surface area contributed by atoms with Gasteiger partial charge in [0, 0.05) is 31.7 Å². The van der Waals surface area contributed by atoms with Crippen LogP contribution in [0.3, 0.4) is 0 Å². The van der Waals surface area contributed by atoms with E-state index in [4.69, 9.17) is 0 Å². The summed E-state index contributed by atoms with van der Waals surface area (Å²) in [7, 11) is 2.11. The summed E-state index contributed by atoms with van der Waals surface area (Å²) in [6.45, 7) is 7.77. The maximum atomic E-state index is 12.2. The monoisotopic (exact) mass is 272 g/mol. The first-order valence-electron chi connectivity index (χ1n) is 6.99. The Hall–Kier alpha value is -1.88. The van der Waals surface area contributed by atoms with Crippen LogP contribution in [0, 0.1) is 13.8 Å². The van der Waals surface area contributed by atoms with Crippen LogP contribution in [0.4, 0.5) is 5.69 Å². The van der Waals surface area contributed by atoms with Gasteiger partial charge in [-0.2, -0.15) is 5.10 Å². The average Bonchev–Trinajstić information content (AvgIpc) is 2.70. The molecule has 1 aromatic carbocycles. The number of benzene rings is 1. The summed E-state index contributed by atoms with van der Waals surface area (Å²) in [4.78, 5) is 14.4. The van der Waals surface area contributed by atoms with Gasteiger partial charge in [0.05, 0.1) is 5.69 Å². The molecule has 1 saturated heterocycles. The van der Waals surface area contributed by atoms with E-state index in [0.717, 1.165) is 48.6 Å². The van der Waals surface area contributed by atoms with Crippen molar-refractivity contribution in [3.63, 3.8) is 0 Å². The van der Waals surface area contributed by atoms with Gasteiger partial charge in [0.1, 0.15) is 0 Å². The molecule has 0 aromatic heterocycles. The number of amides is 1. The van der Waals surface area contributed by atoms with E-state index in [0.29, 0.717) is 5.71 Å². The molecule has 2 aliphatic rings. The second-order valence-electron chi connectivity index (χ2n) is 5.66. The number of hydrogen-bond donors (Lipinski definition) is 1. The maximum Gasteiger partial charge on any atom is 0.276 e. The lowest BCUT2D eigenvalue weighted by Gasteiger charge is -2.30. The summed E-state index contributed by atoms with van der Waals surface area (Å²) in [6, 6.07) is 4.12. The first-order valence-corrected chi connectivity index (χ1v) is 6.99. The van der Waals surface area contributed by atoms with Gasteiger partial charge >= 0.3 is 0 Å². The first kappa shape index (κ1) is 13.1. The molecule has 2 aliphatic heterocycles. The van der Waals surface area contributed by atoms with Crippen LogP contribution < -0.4 is 5.32 Å². The van der Waals surface area contributed by atoms with Crippen molar-refractivity contribution in [2.24, 2.45) is 5.10 Å². The largest absolute Gasteiger partial charge is 0.320 e. The fourth-order valence-corrected chi connectivity index (χ4v) is 2.75. The Bertz CT molecular complexity index is 586. The van der Waals surface area contributed by atoms with Crippen LogP contribution in [-0.4, -0.2) is 54.8 Å². The topological polar surface area (TPSA) is 47.9 Å². The van der Waals surface area contributed by atoms with Crippen LogP contribution in [0.2, 0.25) is 0 Å². The molecule has 1 amide bonds. The Balaban J connectivity index is 1.94. The number of rotatable bonds is 1. The standard InChI is InChI=1S/C15H20N4O/c1-10-8-11(2)13-12(9-10)14(15(20)16-13)17-19-6-4-18(3)5-7-19/h8-9H,4-7H2,1-3H3,(H,16,17,20). The zero-order valence-electron chi connectivity index (χ0n) is 12.2. The lowest BCUT2D eigenvalue weighted by atomic mass is 10.0. The molecular formula is C15H20N4O. The quantitative estimate of drug-likeness (QED) is 0.836. The van der Waals surface area contributed by atoms with Crippen molar-refractivity contribution in [1.29, 1.82) is 0 Å². The molecule has 2 heterocycles. The number of anilines is 1. The summed E-state index contributed by atoms with van der Waals surface area (Å²) in [6.07, 6.45) is 0. The number of piperazine rings is 1. The molecule has 0 saturated carbocycles. The van der Waals surface area contributed by atoms with Crippen molar-refractivity contribution in [2.45, 2.75) is 13.8 Å². The molecule has 0 atom stereocenters. The molecule has 1 aromatic rings. The molecule has 0 unspecified atom stereocenters. The van der Waals surface area contributed by atoms with E-state index in [1.165, 1.54) is 0 Å². The normalized spacial score (nSPS) is 21.2. The van der Waals surface area contributed by atoms with Crippen LogP contribution in [0.15, 0.2) is 17.2 Å². The third-order valence-electron chi connectivity index (χ3n) is 3.91. The van der Waals surface area contributed by atoms with Gasteiger partial charge < -0.3 is 10.2 Å². The van der Waals surface area contributed by atoms with Crippen molar-refractivity contribution in [3.8, 4) is 0 Å². The molecular weight excluding hydrogens is 252 g/mol. The van der Waals surface area contributed by atoms with Crippen LogP contribution in [0.5, 0.6) is 0 Å². The number of hydrogen-bond acceptors (Lipinski definition) is 4. The predicted molar refractivity (Wildman–Crippen MR) is 80.2 cm³/mol. The molecule has 106 valence electrons. The third kappa shape index (κ3) is 2.29. The van der Waals surface area contributed by atoms with Gasteiger partial charge in [0.2, 0.25) is 0 Å². The number of nitrogens with zero attached hydrogens (tertiary/aromatic N) is 3. The molecule has 1 fully saturated rings. The van der Waals surface area contributed by atoms with Gasteiger partial charge in [-0.25, -0.2) is 0 Å². The number of likely N-dealkylation sites (N-methyl/N-ethyl adjacent to an activating group) is 1. The van der Waals surface area contributed by atoms with Crippen LogP contribution in [0.1, 0.15) is 16.7 Å². The van der Waals surface area contributed by atoms with Gasteiger partial charge in [0.25, 0.3) is 5.91 Å². The number of fused-ring (bicyclic) bond motifs is 1. The third-order valence-corrected chi connectivity index (χ3v) is 3.91. The second-order valence-corrected chi connectivity index (χ2v) is 5.66. The van der Waals surface area contributed by atoms with Crippen LogP contribution >= 0.6 is 0 Å². The Labute approximate surface area is 119 Å². The molecule has 0 spiro atoms. The first-order chi connectivity index (χ1) is 9.54. The summed E-state index contributed by atoms with van der Waals surface area (Å²) in [5.41, 5.74) is 4.65. The minimum absolute atomic E-state index is 0.0902. The van der Waals surface area contributed by atoms with Crippen LogP contribution in [0.25, 0.3) is 0 Å². The van der Waals surface area contributed by atoms with E-state index in [1.54, 1.807) is 0 Å². The fraction of sp³-hybridized carbons (Fsp3) is 0.467. The Kier molecular flexibility index (Phi) is 3.22. The van der Waals surface area contributed by atoms with Crippen LogP contribution in [-0.2, 0) is 4.79 Å². The highest BCUT2D eigenvalue weighted by molar-refractivity contribution is 6.54. The number of hydrazone groups is 1. The average molecular weight is 272 g/mol. The van der Waals surface area contributed by atoms with Gasteiger partial charge in [0.15, 0.2) is 5.71 Å². The van der Waals surface area contributed by atoms with Gasteiger partial charge in [-0.15, -0.1) is 0 Å². The summed E-state index contributed by atoms with van der Waals surface area (Å²) >= 11 is 0. The van der Waals surface area contributed by atoms with Crippen molar-refractivity contribution >= 4 is 17.3 Å². The highest BCUT2D eigenvalue weighted by Crippen LogP contribution is 2.29. The SMILES string of the molecule is Cc1cc(C)c2c(c1)C(=NN1CCN(C)CC1)C(=O)N2. The number of carbonyl (C=O) groups excluding carboxylic acids is 1. The zero-order valence-corrected chi connectivity index (χ0v) is 12.2. The Morgan fingerprint density at radius 3 is 2.55 bits per heavy atom. The minimum Gasteiger partial charge on any atom is -0.320 e. The fourth-order valence-electron chi connectivity index (χ4n) is 2.75. The van der Waals surface area contributed by atoms with E-state index >= 15 is 0 Å². The van der Waals surface area contributed by atoms with E-state index in [9.17, 15) is 4.79 Å². The lowest BCUT2D eigenvalue weighted by Crippen LogP contribution is -2.42. The number of aryl methyl sites for hydroxylation is 2. The van der Waals surface area contributed by atoms with Gasteiger partial charge in [-0.05, 0) is 32.5 Å². The smallest absolute Gasteiger partial charge is 0.276 e. The highest BCUT2D eigenvalue weighted by Gasteiger charge is 2.28. The van der Waals surface area contributed by atoms with Crippen molar-refractivity contribution in [3.05, 3.63) is 28.8 Å². The Morgan fingerprint density at radius 1 is 1.15 bits per heavy atom. The molecule has 5 nitrogen and oxygen atoms in total. The summed E-state index contributed by atoms with van der Waals surface area (Å²) in [5, 5.41) is 9.52. The van der Waals surface area contributed by atoms with Gasteiger partial charge in [-0.3, -0.25) is 9.80 Å². The van der Waals surface area contributed by atoms with Gasteiger partial charge in [-0.1, -0.05) is 11.6 Å². The molecule has 0 bridgehead atoms. The van der Waals surface area contributed by atoms with E-state index < -0.39 is 0 Å². The van der Waals surface area contributed by atoms with E-state index in [2.05, 4.69) is 28.4 Å². The summed E-state index contributed by atoms with van der Waals surface area (Å²) in [5.74, 6) is -0.0902. The Morgan fingerprint density at radius 2 is 1.85 bits per heavy atom. The second kappa shape index (κ2) is 4.90. The lowest BCUT2D eigenvalue weighted by molar-refractivity contribution is -0.110. The molecule has 0 radical (unpaired) electrons. The minimum atomic E-state index is -0.0902. The molecule has 5 heteroatoms. The molecule has 0 aliphatic carbocycles. The molecule has 3 rings (SSSR count). The zero-order chi connectivity index (χ0) is 14.3. The maximum absolute atomic E-state index is 12.2. The number of nitrogens with one attached hydrogen (secondary N) is 1. The van der Waals surface area contributed by atoms with E-state index in [-0.39, 0.29) is 5.91 Å². The van der Waals surface area contributed by atoms with Crippen molar-refractivity contribution in [2.75, 3.05) is 38.5 Å². The molecule has 1 N–H and O–H groups in total. The number of carbonyl (C=O) groups is 1. The van der Waals surface area contributed by atoms with E-state index in [1.807, 2.05) is 24.9 Å². The summed E-state index contributed by atoms with van der Waals surface area (Å²) < 4.78 is 0.